The SMILES string of the molecule is COc1ccc(C#N)cc1[C@H]1CNCCO1.Cl. The van der Waals surface area contributed by atoms with Gasteiger partial charge in [0, 0.05) is 18.7 Å². The lowest BCUT2D eigenvalue weighted by Crippen LogP contribution is -2.33. The molecule has 1 saturated heterocycles. The molecule has 2 rings (SSSR count). The minimum atomic E-state index is -0.0306. The number of hydrogen-bond acceptors (Lipinski definition) is 4. The summed E-state index contributed by atoms with van der Waals surface area (Å²) in [5.41, 5.74) is 1.57. The number of hydrogen-bond donors (Lipinski definition) is 1. The molecule has 0 amide bonds. The fourth-order valence-corrected chi connectivity index (χ4v) is 1.82. The molecule has 1 aliphatic heterocycles. The molecule has 92 valence electrons. The van der Waals surface area contributed by atoms with Gasteiger partial charge in [0.05, 0.1) is 31.5 Å². The van der Waals surface area contributed by atoms with Crippen molar-refractivity contribution >= 4 is 12.4 Å². The van der Waals surface area contributed by atoms with Gasteiger partial charge in [-0.2, -0.15) is 5.26 Å². The van der Waals surface area contributed by atoms with Crippen LogP contribution in [0.2, 0.25) is 0 Å². The number of halogens is 1. The number of morpholine rings is 1. The van der Waals surface area contributed by atoms with Gasteiger partial charge in [0.15, 0.2) is 0 Å². The minimum Gasteiger partial charge on any atom is -0.496 e. The van der Waals surface area contributed by atoms with Crippen molar-refractivity contribution in [1.82, 2.24) is 5.32 Å². The highest BCUT2D eigenvalue weighted by atomic mass is 35.5. The smallest absolute Gasteiger partial charge is 0.124 e. The summed E-state index contributed by atoms with van der Waals surface area (Å²) in [5.74, 6) is 0.771. The summed E-state index contributed by atoms with van der Waals surface area (Å²) in [7, 11) is 1.63. The molecule has 1 atom stereocenters. The largest absolute Gasteiger partial charge is 0.496 e. The Morgan fingerprint density at radius 3 is 2.94 bits per heavy atom. The summed E-state index contributed by atoms with van der Waals surface area (Å²) in [4.78, 5) is 0. The minimum absolute atomic E-state index is 0. The number of nitriles is 1. The Hall–Kier alpha value is -1.28. The first kappa shape index (κ1) is 13.8. The van der Waals surface area contributed by atoms with Crippen LogP contribution < -0.4 is 10.1 Å². The van der Waals surface area contributed by atoms with Crippen LogP contribution in [0.15, 0.2) is 18.2 Å². The molecule has 0 aromatic heterocycles. The molecule has 1 aromatic rings. The van der Waals surface area contributed by atoms with Crippen molar-refractivity contribution in [3.63, 3.8) is 0 Å². The molecule has 17 heavy (non-hydrogen) atoms. The maximum absolute atomic E-state index is 8.88. The Kier molecular flexibility index (Phi) is 5.23. The summed E-state index contributed by atoms with van der Waals surface area (Å²) in [6.45, 7) is 2.31. The van der Waals surface area contributed by atoms with Crippen molar-refractivity contribution in [3.05, 3.63) is 29.3 Å². The monoisotopic (exact) mass is 254 g/mol. The second-order valence-electron chi connectivity index (χ2n) is 3.63. The molecule has 0 radical (unpaired) electrons. The van der Waals surface area contributed by atoms with Gasteiger partial charge in [0.25, 0.3) is 0 Å². The van der Waals surface area contributed by atoms with E-state index in [0.29, 0.717) is 12.2 Å². The van der Waals surface area contributed by atoms with E-state index in [-0.39, 0.29) is 18.5 Å². The van der Waals surface area contributed by atoms with Gasteiger partial charge < -0.3 is 14.8 Å². The average Bonchev–Trinajstić information content (AvgIpc) is 2.39. The molecule has 0 bridgehead atoms. The second kappa shape index (κ2) is 6.45. The zero-order valence-electron chi connectivity index (χ0n) is 9.60. The Morgan fingerprint density at radius 2 is 2.35 bits per heavy atom. The van der Waals surface area contributed by atoms with Crippen LogP contribution >= 0.6 is 12.4 Å². The van der Waals surface area contributed by atoms with Crippen LogP contribution in [0.1, 0.15) is 17.2 Å². The van der Waals surface area contributed by atoms with Crippen molar-refractivity contribution in [2.75, 3.05) is 26.8 Å². The second-order valence-corrected chi connectivity index (χ2v) is 3.63. The Labute approximate surface area is 107 Å². The first-order valence-corrected chi connectivity index (χ1v) is 5.25. The molecule has 0 spiro atoms. The first-order valence-electron chi connectivity index (χ1n) is 5.25. The predicted molar refractivity (Wildman–Crippen MR) is 66.5 cm³/mol. The van der Waals surface area contributed by atoms with Gasteiger partial charge in [-0.1, -0.05) is 0 Å². The van der Waals surface area contributed by atoms with Gasteiger partial charge in [0.2, 0.25) is 0 Å². The number of rotatable bonds is 2. The maximum Gasteiger partial charge on any atom is 0.124 e. The van der Waals surface area contributed by atoms with Crippen molar-refractivity contribution < 1.29 is 9.47 Å². The summed E-state index contributed by atoms with van der Waals surface area (Å²) in [6, 6.07) is 7.52. The molecule has 1 aliphatic rings. The molecule has 1 aromatic carbocycles. The summed E-state index contributed by atoms with van der Waals surface area (Å²) < 4.78 is 10.9. The molecule has 5 heteroatoms. The van der Waals surface area contributed by atoms with E-state index in [1.54, 1.807) is 13.2 Å². The molecule has 1 fully saturated rings. The molecule has 4 nitrogen and oxygen atoms in total. The lowest BCUT2D eigenvalue weighted by atomic mass is 10.0. The van der Waals surface area contributed by atoms with E-state index < -0.39 is 0 Å². The summed E-state index contributed by atoms with van der Waals surface area (Å²) >= 11 is 0. The van der Waals surface area contributed by atoms with E-state index >= 15 is 0 Å². The molecule has 1 N–H and O–H groups in total. The Bertz CT molecular complexity index is 411. The van der Waals surface area contributed by atoms with Crippen LogP contribution in [0.3, 0.4) is 0 Å². The van der Waals surface area contributed by atoms with Crippen molar-refractivity contribution in [1.29, 1.82) is 5.26 Å². The topological polar surface area (TPSA) is 54.3 Å². The van der Waals surface area contributed by atoms with Gasteiger partial charge in [0.1, 0.15) is 5.75 Å². The van der Waals surface area contributed by atoms with Gasteiger partial charge in [-0.3, -0.25) is 0 Å². The molecular weight excluding hydrogens is 240 g/mol. The van der Waals surface area contributed by atoms with E-state index in [0.717, 1.165) is 24.4 Å². The zero-order valence-corrected chi connectivity index (χ0v) is 10.4. The van der Waals surface area contributed by atoms with E-state index in [1.807, 2.05) is 12.1 Å². The van der Waals surface area contributed by atoms with Gasteiger partial charge in [-0.05, 0) is 18.2 Å². The fraction of sp³-hybridized carbons (Fsp3) is 0.417. The Balaban J connectivity index is 0.00000144. The number of methoxy groups -OCH3 is 1. The molecule has 0 saturated carbocycles. The van der Waals surface area contributed by atoms with Crippen molar-refractivity contribution in [3.8, 4) is 11.8 Å². The van der Waals surface area contributed by atoms with E-state index in [2.05, 4.69) is 11.4 Å². The van der Waals surface area contributed by atoms with Crippen molar-refractivity contribution in [2.45, 2.75) is 6.10 Å². The first-order chi connectivity index (χ1) is 7.85. The molecular formula is C12H15ClN2O2. The van der Waals surface area contributed by atoms with Crippen LogP contribution in [0, 0.1) is 11.3 Å². The van der Waals surface area contributed by atoms with Gasteiger partial charge in [-0.15, -0.1) is 12.4 Å². The van der Waals surface area contributed by atoms with E-state index in [9.17, 15) is 0 Å². The molecule has 0 unspecified atom stereocenters. The van der Waals surface area contributed by atoms with Crippen LogP contribution in [-0.4, -0.2) is 26.8 Å². The van der Waals surface area contributed by atoms with Crippen LogP contribution in [-0.2, 0) is 4.74 Å². The standard InChI is InChI=1S/C12H14N2O2.ClH/c1-15-11-3-2-9(7-13)6-10(11)12-8-14-4-5-16-12;/h2-3,6,12,14H,4-5,8H2,1H3;1H/t12-;/m1./s1. The fourth-order valence-electron chi connectivity index (χ4n) is 1.82. The molecule has 0 aliphatic carbocycles. The third kappa shape index (κ3) is 3.10. The third-order valence-corrected chi connectivity index (χ3v) is 2.63. The molecule has 1 heterocycles. The average molecular weight is 255 g/mol. The number of nitrogens with one attached hydrogen (secondary N) is 1. The van der Waals surface area contributed by atoms with E-state index in [4.69, 9.17) is 14.7 Å². The number of benzene rings is 1. The maximum atomic E-state index is 8.88. The highest BCUT2D eigenvalue weighted by Crippen LogP contribution is 2.29. The highest BCUT2D eigenvalue weighted by molar-refractivity contribution is 5.85. The van der Waals surface area contributed by atoms with Crippen LogP contribution in [0.4, 0.5) is 0 Å². The predicted octanol–water partition coefficient (Wildman–Crippen LogP) is 1.65. The lowest BCUT2D eigenvalue weighted by molar-refractivity contribution is 0.0262. The lowest BCUT2D eigenvalue weighted by Gasteiger charge is -2.25. The van der Waals surface area contributed by atoms with Crippen LogP contribution in [0.25, 0.3) is 0 Å². The number of nitrogens with zero attached hydrogens (tertiary/aromatic N) is 1. The van der Waals surface area contributed by atoms with Gasteiger partial charge >= 0.3 is 0 Å². The zero-order chi connectivity index (χ0) is 11.4. The number of ether oxygens (including phenoxy) is 2. The summed E-state index contributed by atoms with van der Waals surface area (Å²) in [6.07, 6.45) is -0.0306. The van der Waals surface area contributed by atoms with Crippen LogP contribution in [0.5, 0.6) is 5.75 Å². The van der Waals surface area contributed by atoms with E-state index in [1.165, 1.54) is 0 Å². The normalized spacial score (nSPS) is 18.9. The summed E-state index contributed by atoms with van der Waals surface area (Å²) in [5, 5.41) is 12.1. The Morgan fingerprint density at radius 1 is 1.53 bits per heavy atom. The van der Waals surface area contributed by atoms with Crippen molar-refractivity contribution in [2.24, 2.45) is 0 Å². The quantitative estimate of drug-likeness (QED) is 0.872. The highest BCUT2D eigenvalue weighted by Gasteiger charge is 2.19. The third-order valence-electron chi connectivity index (χ3n) is 2.63. The van der Waals surface area contributed by atoms with Gasteiger partial charge in [-0.25, -0.2) is 0 Å².